The predicted octanol–water partition coefficient (Wildman–Crippen LogP) is 2.03. The van der Waals surface area contributed by atoms with E-state index in [9.17, 15) is 15.0 Å². The molecule has 2 atom stereocenters. The lowest BCUT2D eigenvalue weighted by Gasteiger charge is -2.43. The van der Waals surface area contributed by atoms with Gasteiger partial charge in [-0.1, -0.05) is 6.07 Å². The largest absolute Gasteiger partial charge is 0.496 e. The molecule has 1 heterocycles. The van der Waals surface area contributed by atoms with Crippen LogP contribution in [0, 0.1) is 0 Å². The van der Waals surface area contributed by atoms with Crippen molar-refractivity contribution in [2.75, 3.05) is 7.11 Å². The zero-order valence-corrected chi connectivity index (χ0v) is 15.2. The van der Waals surface area contributed by atoms with Gasteiger partial charge in [-0.2, -0.15) is 0 Å². The first kappa shape index (κ1) is 19.5. The van der Waals surface area contributed by atoms with Crippen molar-refractivity contribution in [3.8, 4) is 11.5 Å². The summed E-state index contributed by atoms with van der Waals surface area (Å²) in [4.78, 5) is 10.9. The number of carboxylic acids is 1. The molecule has 25 heavy (non-hydrogen) atoms. The van der Waals surface area contributed by atoms with Gasteiger partial charge in [0.15, 0.2) is 0 Å². The molecule has 0 spiro atoms. The molecule has 1 aliphatic rings. The van der Waals surface area contributed by atoms with Crippen molar-refractivity contribution in [3.05, 3.63) is 23.3 Å². The van der Waals surface area contributed by atoms with Crippen molar-refractivity contribution in [1.29, 1.82) is 0 Å². The number of fused-ring (bicyclic) bond motifs is 1. The second kappa shape index (κ2) is 6.82. The minimum absolute atomic E-state index is 0.0534. The monoisotopic (exact) mass is 354 g/mol. The maximum absolute atomic E-state index is 10.9. The maximum atomic E-state index is 10.9. The highest BCUT2D eigenvalue weighted by molar-refractivity contribution is 5.67. The van der Waals surface area contributed by atoms with Gasteiger partial charge in [-0.3, -0.25) is 4.79 Å². The second-order valence-electron chi connectivity index (χ2n) is 7.20. The Bertz CT molecular complexity index is 646. The molecule has 0 aromatic heterocycles. The number of benzene rings is 1. The molecular formula is C18H26O7. The van der Waals surface area contributed by atoms with E-state index in [4.69, 9.17) is 19.3 Å². The van der Waals surface area contributed by atoms with Crippen molar-refractivity contribution < 1.29 is 34.3 Å². The average molecular weight is 354 g/mol. The Morgan fingerprint density at radius 1 is 1.40 bits per heavy atom. The predicted molar refractivity (Wildman–Crippen MR) is 89.8 cm³/mol. The van der Waals surface area contributed by atoms with Crippen molar-refractivity contribution in [2.24, 2.45) is 0 Å². The van der Waals surface area contributed by atoms with Crippen LogP contribution >= 0.6 is 0 Å². The number of hydrogen-bond acceptors (Lipinski definition) is 6. The van der Waals surface area contributed by atoms with Gasteiger partial charge in [-0.25, -0.2) is 0 Å². The number of hydrogen-bond donors (Lipinski definition) is 3. The molecule has 0 fully saturated rings. The Kier molecular flexibility index (Phi) is 5.32. The van der Waals surface area contributed by atoms with E-state index in [0.29, 0.717) is 22.6 Å². The molecule has 3 N–H and O–H groups in total. The Balaban J connectivity index is 2.59. The Labute approximate surface area is 147 Å². The van der Waals surface area contributed by atoms with E-state index in [0.717, 1.165) is 0 Å². The quantitative estimate of drug-likeness (QED) is 0.718. The normalized spacial score (nSPS) is 20.4. The lowest BCUT2D eigenvalue weighted by molar-refractivity contribution is -0.247. The van der Waals surface area contributed by atoms with Gasteiger partial charge in [0.25, 0.3) is 0 Å². The van der Waals surface area contributed by atoms with Gasteiger partial charge in [-0.05, 0) is 31.9 Å². The van der Waals surface area contributed by atoms with E-state index in [1.807, 2.05) is 0 Å². The van der Waals surface area contributed by atoms with Crippen LogP contribution in [0.1, 0.15) is 51.3 Å². The molecule has 0 bridgehead atoms. The summed E-state index contributed by atoms with van der Waals surface area (Å²) in [5, 5.41) is 29.9. The van der Waals surface area contributed by atoms with Crippen LogP contribution in [0.5, 0.6) is 11.5 Å². The van der Waals surface area contributed by atoms with Crippen LogP contribution in [0.2, 0.25) is 0 Å². The van der Waals surface area contributed by atoms with Crippen LogP contribution in [-0.2, 0) is 16.0 Å². The number of aryl methyl sites for hydroxylation is 1. The number of ether oxygens (including phenoxy) is 3. The second-order valence-corrected chi connectivity index (χ2v) is 7.20. The number of aliphatic carboxylic acids is 1. The Morgan fingerprint density at radius 2 is 2.04 bits per heavy atom. The third-order valence-corrected chi connectivity index (χ3v) is 4.12. The Morgan fingerprint density at radius 3 is 2.56 bits per heavy atom. The highest BCUT2D eigenvalue weighted by Crippen LogP contribution is 2.48. The molecule has 1 aliphatic heterocycles. The fourth-order valence-corrected chi connectivity index (χ4v) is 2.86. The molecular weight excluding hydrogens is 328 g/mol. The number of rotatable bonds is 6. The standard InChI is InChI=1S/C18H26O7/c1-17(2,22)16(21)15-13-11(23-5)8-6-10(7-9-12(19)20)14(13)24-18(3,4)25-15/h6,8,15-16,21-22H,7,9H2,1-5H3,(H,19,20). The summed E-state index contributed by atoms with van der Waals surface area (Å²) in [5.41, 5.74) is -0.265. The van der Waals surface area contributed by atoms with Gasteiger partial charge >= 0.3 is 5.97 Å². The van der Waals surface area contributed by atoms with Crippen LogP contribution in [0.15, 0.2) is 12.1 Å². The molecule has 1 aromatic carbocycles. The maximum Gasteiger partial charge on any atom is 0.303 e. The molecule has 7 heteroatoms. The highest BCUT2D eigenvalue weighted by atomic mass is 16.7. The van der Waals surface area contributed by atoms with Gasteiger partial charge in [0.1, 0.15) is 23.7 Å². The molecule has 140 valence electrons. The number of aliphatic hydroxyl groups is 2. The molecule has 1 aromatic rings. The zero-order chi connectivity index (χ0) is 19.0. The molecule has 2 unspecified atom stereocenters. The van der Waals surface area contributed by atoms with E-state index < -0.39 is 29.6 Å². The summed E-state index contributed by atoms with van der Waals surface area (Å²) >= 11 is 0. The molecule has 2 rings (SSSR count). The van der Waals surface area contributed by atoms with Crippen LogP contribution in [-0.4, -0.2) is 45.9 Å². The third kappa shape index (κ3) is 4.23. The van der Waals surface area contributed by atoms with Crippen LogP contribution in [0.3, 0.4) is 0 Å². The lowest BCUT2D eigenvalue weighted by atomic mass is 9.88. The summed E-state index contributed by atoms with van der Waals surface area (Å²) in [5.74, 6) is -1.10. The summed E-state index contributed by atoms with van der Waals surface area (Å²) < 4.78 is 17.2. The minimum atomic E-state index is -1.42. The molecule has 7 nitrogen and oxygen atoms in total. The summed E-state index contributed by atoms with van der Waals surface area (Å²) in [6.07, 6.45) is -1.91. The molecule has 0 saturated heterocycles. The number of carbonyl (C=O) groups is 1. The van der Waals surface area contributed by atoms with Crippen molar-refractivity contribution in [2.45, 2.75) is 64.1 Å². The number of methoxy groups -OCH3 is 1. The first-order valence-corrected chi connectivity index (χ1v) is 8.15. The fraction of sp³-hybridized carbons (Fsp3) is 0.611. The van der Waals surface area contributed by atoms with Crippen LogP contribution < -0.4 is 9.47 Å². The van der Waals surface area contributed by atoms with E-state index in [1.165, 1.54) is 21.0 Å². The van der Waals surface area contributed by atoms with E-state index in [1.54, 1.807) is 26.0 Å². The fourth-order valence-electron chi connectivity index (χ4n) is 2.86. The lowest BCUT2D eigenvalue weighted by Crippen LogP contribution is -2.48. The molecule has 0 radical (unpaired) electrons. The first-order valence-electron chi connectivity index (χ1n) is 8.15. The van der Waals surface area contributed by atoms with E-state index in [2.05, 4.69) is 0 Å². The van der Waals surface area contributed by atoms with Gasteiger partial charge in [0.05, 0.1) is 18.3 Å². The van der Waals surface area contributed by atoms with Crippen molar-refractivity contribution in [1.82, 2.24) is 0 Å². The molecule has 0 saturated carbocycles. The highest BCUT2D eigenvalue weighted by Gasteiger charge is 2.45. The molecule has 0 amide bonds. The smallest absolute Gasteiger partial charge is 0.303 e. The van der Waals surface area contributed by atoms with Gasteiger partial charge < -0.3 is 29.5 Å². The van der Waals surface area contributed by atoms with Crippen molar-refractivity contribution >= 4 is 5.97 Å². The molecule has 0 aliphatic carbocycles. The summed E-state index contributed by atoms with van der Waals surface area (Å²) in [6, 6.07) is 3.43. The zero-order valence-electron chi connectivity index (χ0n) is 15.2. The van der Waals surface area contributed by atoms with Crippen molar-refractivity contribution in [3.63, 3.8) is 0 Å². The number of aliphatic hydroxyl groups excluding tert-OH is 1. The summed E-state index contributed by atoms with van der Waals surface area (Å²) in [6.45, 7) is 6.37. The van der Waals surface area contributed by atoms with Gasteiger partial charge in [0, 0.05) is 20.3 Å². The minimum Gasteiger partial charge on any atom is -0.496 e. The van der Waals surface area contributed by atoms with Gasteiger partial charge in [0.2, 0.25) is 5.79 Å². The third-order valence-electron chi connectivity index (χ3n) is 4.12. The van der Waals surface area contributed by atoms with Crippen LogP contribution in [0.4, 0.5) is 0 Å². The van der Waals surface area contributed by atoms with Gasteiger partial charge in [-0.15, -0.1) is 0 Å². The Hall–Kier alpha value is -1.83. The SMILES string of the molecule is COc1ccc(CCC(=O)O)c2c1C(C(O)C(C)(C)O)OC(C)(C)O2. The van der Waals surface area contributed by atoms with E-state index >= 15 is 0 Å². The average Bonchev–Trinajstić information content (AvgIpc) is 2.49. The topological polar surface area (TPSA) is 105 Å². The number of carboxylic acid groups (broad SMARTS) is 1. The summed E-state index contributed by atoms with van der Waals surface area (Å²) in [7, 11) is 1.49. The first-order chi connectivity index (χ1) is 11.5. The van der Waals surface area contributed by atoms with Crippen LogP contribution in [0.25, 0.3) is 0 Å². The van der Waals surface area contributed by atoms with E-state index in [-0.39, 0.29) is 12.8 Å².